The molecule has 6 nitrogen and oxygen atoms in total. The molecule has 0 aliphatic carbocycles. The van der Waals surface area contributed by atoms with Gasteiger partial charge in [0.25, 0.3) is 0 Å². The van der Waals surface area contributed by atoms with E-state index >= 15 is 0 Å². The topological polar surface area (TPSA) is 86.0 Å². The second-order valence-electron chi connectivity index (χ2n) is 7.31. The van der Waals surface area contributed by atoms with Gasteiger partial charge in [0.05, 0.1) is 5.56 Å². The first-order valence-electron chi connectivity index (χ1n) is 8.32. The summed E-state index contributed by atoms with van der Waals surface area (Å²) in [7, 11) is 0. The fraction of sp³-hybridized carbons (Fsp3) is 0.474. The summed E-state index contributed by atoms with van der Waals surface area (Å²) in [5.74, 6) is 0.153. The molecule has 1 aliphatic heterocycles. The maximum Gasteiger partial charge on any atom is 0.336 e. The molecule has 0 spiro atoms. The van der Waals surface area contributed by atoms with Crippen molar-refractivity contribution in [2.45, 2.75) is 51.9 Å². The summed E-state index contributed by atoms with van der Waals surface area (Å²) in [4.78, 5) is 23.7. The van der Waals surface area contributed by atoms with Crippen molar-refractivity contribution in [2.24, 2.45) is 5.92 Å². The summed E-state index contributed by atoms with van der Waals surface area (Å²) < 4.78 is 16.8. The number of carbonyl (C=O) groups excluding carboxylic acids is 1. The Morgan fingerprint density at radius 1 is 1.28 bits per heavy atom. The van der Waals surface area contributed by atoms with Crippen LogP contribution >= 0.6 is 0 Å². The largest absolute Gasteiger partial charge is 0.483 e. The van der Waals surface area contributed by atoms with E-state index in [-0.39, 0.29) is 17.9 Å². The number of benzene rings is 1. The highest BCUT2D eigenvalue weighted by Crippen LogP contribution is 2.44. The molecule has 2 aromatic rings. The minimum absolute atomic E-state index is 0.142. The van der Waals surface area contributed by atoms with E-state index < -0.39 is 29.4 Å². The van der Waals surface area contributed by atoms with Crippen molar-refractivity contribution in [1.82, 2.24) is 0 Å². The van der Waals surface area contributed by atoms with Gasteiger partial charge < -0.3 is 19.0 Å². The lowest BCUT2D eigenvalue weighted by Crippen LogP contribution is -2.51. The van der Waals surface area contributed by atoms with Crippen LogP contribution in [0.5, 0.6) is 5.75 Å². The SMILES string of the molecule is CC(C)CC(=O)O[C@@H]1[C@@H](O)c2c(ccc3ccc(=O)oc23)OC1(C)C. The van der Waals surface area contributed by atoms with Crippen LogP contribution in [0.1, 0.15) is 45.8 Å². The van der Waals surface area contributed by atoms with E-state index in [2.05, 4.69) is 0 Å². The van der Waals surface area contributed by atoms with Crippen LogP contribution < -0.4 is 10.4 Å². The van der Waals surface area contributed by atoms with Crippen LogP contribution in [-0.2, 0) is 9.53 Å². The van der Waals surface area contributed by atoms with Gasteiger partial charge in [0.2, 0.25) is 0 Å². The van der Waals surface area contributed by atoms with Crippen molar-refractivity contribution >= 4 is 16.9 Å². The molecular weight excluding hydrogens is 324 g/mol. The van der Waals surface area contributed by atoms with E-state index in [1.165, 1.54) is 6.07 Å². The predicted octanol–water partition coefficient (Wildman–Crippen LogP) is 2.96. The average Bonchev–Trinajstić information content (AvgIpc) is 2.49. The molecule has 1 aromatic heterocycles. The van der Waals surface area contributed by atoms with Gasteiger partial charge in [-0.15, -0.1) is 0 Å². The van der Waals surface area contributed by atoms with E-state index in [0.717, 1.165) is 0 Å². The lowest BCUT2D eigenvalue weighted by atomic mass is 9.87. The van der Waals surface area contributed by atoms with E-state index in [0.29, 0.717) is 16.7 Å². The van der Waals surface area contributed by atoms with Gasteiger partial charge in [-0.05, 0) is 38.0 Å². The summed E-state index contributed by atoms with van der Waals surface area (Å²) in [5.41, 5.74) is -0.872. The number of esters is 1. The molecule has 2 heterocycles. The predicted molar refractivity (Wildman–Crippen MR) is 91.5 cm³/mol. The molecule has 0 unspecified atom stereocenters. The monoisotopic (exact) mass is 346 g/mol. The second-order valence-corrected chi connectivity index (χ2v) is 7.31. The zero-order valence-electron chi connectivity index (χ0n) is 14.7. The fourth-order valence-corrected chi connectivity index (χ4v) is 3.11. The Bertz CT molecular complexity index is 864. The Hall–Kier alpha value is -2.34. The van der Waals surface area contributed by atoms with Crippen LogP contribution in [0, 0.1) is 5.92 Å². The van der Waals surface area contributed by atoms with Gasteiger partial charge in [0.1, 0.15) is 23.0 Å². The quantitative estimate of drug-likeness (QED) is 0.679. The Labute approximate surface area is 145 Å². The van der Waals surface area contributed by atoms with Crippen LogP contribution in [0.15, 0.2) is 33.5 Å². The molecule has 0 amide bonds. The molecule has 2 atom stereocenters. The van der Waals surface area contributed by atoms with E-state index in [1.54, 1.807) is 32.0 Å². The molecule has 134 valence electrons. The van der Waals surface area contributed by atoms with Crippen molar-refractivity contribution in [2.75, 3.05) is 0 Å². The smallest absolute Gasteiger partial charge is 0.336 e. The van der Waals surface area contributed by atoms with E-state index in [9.17, 15) is 14.7 Å². The fourth-order valence-electron chi connectivity index (χ4n) is 3.11. The molecule has 0 saturated carbocycles. The third-order valence-electron chi connectivity index (χ3n) is 4.26. The number of aliphatic hydroxyl groups excluding tert-OH is 1. The van der Waals surface area contributed by atoms with Gasteiger partial charge in [0.15, 0.2) is 6.10 Å². The van der Waals surface area contributed by atoms with Crippen LogP contribution in [0.4, 0.5) is 0 Å². The minimum Gasteiger partial charge on any atom is -0.483 e. The summed E-state index contributed by atoms with van der Waals surface area (Å²) in [6, 6.07) is 6.41. The number of ether oxygens (including phenoxy) is 2. The first kappa shape index (κ1) is 17.5. The van der Waals surface area contributed by atoms with Crippen LogP contribution in [0.3, 0.4) is 0 Å². The molecule has 0 bridgehead atoms. The van der Waals surface area contributed by atoms with Crippen LogP contribution in [-0.4, -0.2) is 22.8 Å². The Kier molecular flexibility index (Phi) is 4.33. The molecule has 0 fully saturated rings. The van der Waals surface area contributed by atoms with Gasteiger partial charge in [0, 0.05) is 17.9 Å². The van der Waals surface area contributed by atoms with Gasteiger partial charge >= 0.3 is 11.6 Å². The standard InChI is InChI=1S/C19H22O6/c1-10(2)9-14(21)24-18-16(22)15-12(25-19(18,3)4)7-5-11-6-8-13(20)23-17(11)15/h5-8,10,16,18,22H,9H2,1-4H3/t16-,18+/m0/s1. The summed E-state index contributed by atoms with van der Waals surface area (Å²) >= 11 is 0. The molecule has 0 radical (unpaired) electrons. The number of carbonyl (C=O) groups is 1. The maximum absolute atomic E-state index is 12.1. The van der Waals surface area contributed by atoms with Crippen molar-refractivity contribution in [3.63, 3.8) is 0 Å². The zero-order valence-corrected chi connectivity index (χ0v) is 14.7. The summed E-state index contributed by atoms with van der Waals surface area (Å²) in [5, 5.41) is 11.6. The normalized spacial score (nSPS) is 21.7. The Morgan fingerprint density at radius 2 is 1.96 bits per heavy atom. The zero-order chi connectivity index (χ0) is 18.4. The summed E-state index contributed by atoms with van der Waals surface area (Å²) in [6.45, 7) is 7.32. The number of rotatable bonds is 3. The lowest BCUT2D eigenvalue weighted by molar-refractivity contribution is -0.178. The van der Waals surface area contributed by atoms with Gasteiger partial charge in [-0.25, -0.2) is 4.79 Å². The first-order valence-corrected chi connectivity index (χ1v) is 8.32. The van der Waals surface area contributed by atoms with E-state index in [4.69, 9.17) is 13.9 Å². The minimum atomic E-state index is -1.16. The maximum atomic E-state index is 12.1. The number of aliphatic hydroxyl groups is 1. The van der Waals surface area contributed by atoms with Crippen LogP contribution in [0.25, 0.3) is 11.0 Å². The molecule has 25 heavy (non-hydrogen) atoms. The highest BCUT2D eigenvalue weighted by atomic mass is 16.6. The number of hydrogen-bond acceptors (Lipinski definition) is 6. The molecule has 3 rings (SSSR count). The average molecular weight is 346 g/mol. The van der Waals surface area contributed by atoms with Crippen molar-refractivity contribution in [1.29, 1.82) is 0 Å². The second kappa shape index (κ2) is 6.19. The Morgan fingerprint density at radius 3 is 2.64 bits per heavy atom. The van der Waals surface area contributed by atoms with Gasteiger partial charge in [-0.1, -0.05) is 13.8 Å². The molecule has 1 aliphatic rings. The third kappa shape index (κ3) is 3.26. The first-order chi connectivity index (χ1) is 11.7. The van der Waals surface area contributed by atoms with Crippen LogP contribution in [0.2, 0.25) is 0 Å². The van der Waals surface area contributed by atoms with Crippen molar-refractivity contribution in [3.05, 3.63) is 40.2 Å². The van der Waals surface area contributed by atoms with Crippen molar-refractivity contribution < 1.29 is 23.8 Å². The molecule has 0 saturated heterocycles. The van der Waals surface area contributed by atoms with Gasteiger partial charge in [-0.3, -0.25) is 4.79 Å². The molecular formula is C19H22O6. The Balaban J connectivity index is 2.06. The molecule has 1 aromatic carbocycles. The third-order valence-corrected chi connectivity index (χ3v) is 4.26. The van der Waals surface area contributed by atoms with Crippen molar-refractivity contribution in [3.8, 4) is 5.75 Å². The number of fused-ring (bicyclic) bond motifs is 3. The molecule has 6 heteroatoms. The number of hydrogen-bond donors (Lipinski definition) is 1. The highest BCUT2D eigenvalue weighted by Gasteiger charge is 2.47. The lowest BCUT2D eigenvalue weighted by Gasteiger charge is -2.42. The van der Waals surface area contributed by atoms with E-state index in [1.807, 2.05) is 13.8 Å². The van der Waals surface area contributed by atoms with Gasteiger partial charge in [-0.2, -0.15) is 0 Å². The highest BCUT2D eigenvalue weighted by molar-refractivity contribution is 5.83. The summed E-state index contributed by atoms with van der Waals surface area (Å²) in [6.07, 6.45) is -1.83. The molecule has 1 N–H and O–H groups in total.